The fourth-order valence-corrected chi connectivity index (χ4v) is 2.11. The molecule has 0 amide bonds. The molecule has 0 unspecified atom stereocenters. The van der Waals surface area contributed by atoms with Crippen LogP contribution in [0.1, 0.15) is 16.2 Å². The van der Waals surface area contributed by atoms with Crippen LogP contribution in [0.4, 0.5) is 0 Å². The summed E-state index contributed by atoms with van der Waals surface area (Å²) in [7, 11) is 0. The van der Waals surface area contributed by atoms with Gasteiger partial charge in [-0.1, -0.05) is 35.9 Å². The second-order valence-corrected chi connectivity index (χ2v) is 4.41. The van der Waals surface area contributed by atoms with E-state index in [1.54, 1.807) is 16.7 Å². The lowest BCUT2D eigenvalue weighted by atomic mass is 10.1. The molecule has 3 aromatic rings. The Bertz CT molecular complexity index is 757. The maximum absolute atomic E-state index is 11.2. The number of hydrogen-bond donors (Lipinski definition) is 1. The van der Waals surface area contributed by atoms with E-state index in [1.807, 2.05) is 43.3 Å². The molecule has 0 spiro atoms. The van der Waals surface area contributed by atoms with E-state index in [1.165, 1.54) is 0 Å². The minimum atomic E-state index is -1.03. The van der Waals surface area contributed by atoms with Crippen LogP contribution in [-0.4, -0.2) is 20.5 Å². The Balaban J connectivity index is 2.29. The van der Waals surface area contributed by atoms with Crippen molar-refractivity contribution in [1.82, 2.24) is 9.38 Å². The van der Waals surface area contributed by atoms with Crippen molar-refractivity contribution < 1.29 is 9.90 Å². The van der Waals surface area contributed by atoms with Crippen LogP contribution in [0.3, 0.4) is 0 Å². The molecule has 0 fully saturated rings. The van der Waals surface area contributed by atoms with E-state index in [4.69, 9.17) is 0 Å². The molecule has 0 atom stereocenters. The zero-order valence-corrected chi connectivity index (χ0v) is 10.4. The molecule has 19 heavy (non-hydrogen) atoms. The number of pyridine rings is 1. The van der Waals surface area contributed by atoms with E-state index in [0.717, 1.165) is 16.6 Å². The second kappa shape index (κ2) is 4.24. The van der Waals surface area contributed by atoms with Crippen molar-refractivity contribution in [1.29, 1.82) is 0 Å². The molecule has 0 saturated heterocycles. The molecule has 94 valence electrons. The van der Waals surface area contributed by atoms with Gasteiger partial charge in [-0.2, -0.15) is 0 Å². The van der Waals surface area contributed by atoms with E-state index in [2.05, 4.69) is 4.98 Å². The van der Waals surface area contributed by atoms with Crippen molar-refractivity contribution in [2.75, 3.05) is 0 Å². The third-order valence-corrected chi connectivity index (χ3v) is 3.06. The molecule has 0 saturated carbocycles. The van der Waals surface area contributed by atoms with Crippen LogP contribution in [-0.2, 0) is 0 Å². The zero-order valence-electron chi connectivity index (χ0n) is 10.4. The first-order valence-corrected chi connectivity index (χ1v) is 5.94. The van der Waals surface area contributed by atoms with E-state index in [0.29, 0.717) is 5.69 Å². The normalized spacial score (nSPS) is 10.8. The van der Waals surface area contributed by atoms with Gasteiger partial charge in [0.25, 0.3) is 0 Å². The van der Waals surface area contributed by atoms with Crippen molar-refractivity contribution in [3.8, 4) is 11.3 Å². The number of hydrogen-bond acceptors (Lipinski definition) is 2. The Labute approximate surface area is 110 Å². The number of benzene rings is 1. The molecule has 2 aromatic heterocycles. The van der Waals surface area contributed by atoms with Gasteiger partial charge in [0.05, 0.1) is 11.2 Å². The summed E-state index contributed by atoms with van der Waals surface area (Å²) in [6.45, 7) is 2.01. The Kier molecular flexibility index (Phi) is 2.56. The average molecular weight is 252 g/mol. The minimum Gasteiger partial charge on any atom is -0.475 e. The van der Waals surface area contributed by atoms with Gasteiger partial charge in [-0.15, -0.1) is 0 Å². The summed E-state index contributed by atoms with van der Waals surface area (Å²) in [5, 5.41) is 9.20. The number of nitrogens with zero attached hydrogens (tertiary/aromatic N) is 2. The van der Waals surface area contributed by atoms with Gasteiger partial charge >= 0.3 is 5.97 Å². The molecule has 1 N–H and O–H groups in total. The average Bonchev–Trinajstić information content (AvgIpc) is 2.79. The van der Waals surface area contributed by atoms with Gasteiger partial charge in [-0.25, -0.2) is 9.78 Å². The van der Waals surface area contributed by atoms with Crippen LogP contribution in [0.15, 0.2) is 48.7 Å². The SMILES string of the molecule is Cc1ccc(-c2nc(C(=O)O)n3ccccc23)cc1. The van der Waals surface area contributed by atoms with Gasteiger partial charge in [0.1, 0.15) is 0 Å². The Morgan fingerprint density at radius 1 is 1.16 bits per heavy atom. The number of imidazole rings is 1. The van der Waals surface area contributed by atoms with Gasteiger partial charge in [-0.05, 0) is 19.1 Å². The van der Waals surface area contributed by atoms with Crippen molar-refractivity contribution in [2.24, 2.45) is 0 Å². The standard InChI is InChI=1S/C15H12N2O2/c1-10-5-7-11(8-6-10)13-12-4-2-3-9-17(12)14(16-13)15(18)19/h2-9H,1H3,(H,18,19). The topological polar surface area (TPSA) is 54.6 Å². The van der Waals surface area contributed by atoms with E-state index in [9.17, 15) is 9.90 Å². The molecule has 0 aliphatic carbocycles. The molecule has 0 bridgehead atoms. The summed E-state index contributed by atoms with van der Waals surface area (Å²) < 4.78 is 1.59. The number of fused-ring (bicyclic) bond motifs is 1. The summed E-state index contributed by atoms with van der Waals surface area (Å²) in [6, 6.07) is 13.4. The summed E-state index contributed by atoms with van der Waals surface area (Å²) in [5.74, 6) is -0.995. The fraction of sp³-hybridized carbons (Fsp3) is 0.0667. The maximum atomic E-state index is 11.2. The summed E-state index contributed by atoms with van der Waals surface area (Å²) >= 11 is 0. The number of rotatable bonds is 2. The monoisotopic (exact) mass is 252 g/mol. The van der Waals surface area contributed by atoms with Crippen molar-refractivity contribution >= 4 is 11.5 Å². The highest BCUT2D eigenvalue weighted by Gasteiger charge is 2.16. The van der Waals surface area contributed by atoms with Crippen LogP contribution in [0.5, 0.6) is 0 Å². The number of carbonyl (C=O) groups is 1. The Morgan fingerprint density at radius 3 is 2.58 bits per heavy atom. The molecule has 0 aliphatic rings. The first-order chi connectivity index (χ1) is 9.16. The molecule has 3 rings (SSSR count). The largest absolute Gasteiger partial charge is 0.475 e. The van der Waals surface area contributed by atoms with Gasteiger partial charge < -0.3 is 5.11 Å². The smallest absolute Gasteiger partial charge is 0.372 e. The predicted molar refractivity (Wildman–Crippen MR) is 72.3 cm³/mol. The molecular weight excluding hydrogens is 240 g/mol. The van der Waals surface area contributed by atoms with Crippen LogP contribution in [0, 0.1) is 6.92 Å². The molecule has 0 radical (unpaired) electrons. The number of aromatic carboxylic acids is 1. The highest BCUT2D eigenvalue weighted by molar-refractivity contribution is 5.89. The van der Waals surface area contributed by atoms with Gasteiger partial charge in [0.15, 0.2) is 0 Å². The number of carboxylic acid groups (broad SMARTS) is 1. The van der Waals surface area contributed by atoms with E-state index in [-0.39, 0.29) is 5.82 Å². The van der Waals surface area contributed by atoms with E-state index >= 15 is 0 Å². The van der Waals surface area contributed by atoms with Gasteiger partial charge in [0.2, 0.25) is 5.82 Å². The lowest BCUT2D eigenvalue weighted by molar-refractivity contribution is 0.0683. The Morgan fingerprint density at radius 2 is 1.89 bits per heavy atom. The number of aromatic nitrogens is 2. The Hall–Kier alpha value is -2.62. The van der Waals surface area contributed by atoms with Gasteiger partial charge in [0, 0.05) is 11.8 Å². The van der Waals surface area contributed by atoms with Crippen LogP contribution >= 0.6 is 0 Å². The molecule has 1 aromatic carbocycles. The van der Waals surface area contributed by atoms with Gasteiger partial charge in [-0.3, -0.25) is 4.40 Å². The molecule has 4 heteroatoms. The third kappa shape index (κ3) is 1.87. The van der Waals surface area contributed by atoms with Crippen LogP contribution < -0.4 is 0 Å². The highest BCUT2D eigenvalue weighted by Crippen LogP contribution is 2.25. The first kappa shape index (κ1) is 11.5. The van der Waals surface area contributed by atoms with Crippen LogP contribution in [0.25, 0.3) is 16.8 Å². The highest BCUT2D eigenvalue weighted by atomic mass is 16.4. The second-order valence-electron chi connectivity index (χ2n) is 4.41. The van der Waals surface area contributed by atoms with Crippen molar-refractivity contribution in [3.05, 3.63) is 60.0 Å². The van der Waals surface area contributed by atoms with Crippen molar-refractivity contribution in [3.63, 3.8) is 0 Å². The lowest BCUT2D eigenvalue weighted by Crippen LogP contribution is -2.02. The molecule has 0 aliphatic heterocycles. The summed E-state index contributed by atoms with van der Waals surface area (Å²) in [5.41, 5.74) is 3.56. The van der Waals surface area contributed by atoms with Crippen LogP contribution in [0.2, 0.25) is 0 Å². The molecule has 4 nitrogen and oxygen atoms in total. The minimum absolute atomic E-state index is 0.0335. The number of aryl methyl sites for hydroxylation is 1. The van der Waals surface area contributed by atoms with E-state index < -0.39 is 5.97 Å². The summed E-state index contributed by atoms with van der Waals surface area (Å²) in [4.78, 5) is 15.5. The predicted octanol–water partition coefficient (Wildman–Crippen LogP) is 3.01. The first-order valence-electron chi connectivity index (χ1n) is 5.94. The fourth-order valence-electron chi connectivity index (χ4n) is 2.11. The quantitative estimate of drug-likeness (QED) is 0.762. The summed E-state index contributed by atoms with van der Waals surface area (Å²) in [6.07, 6.45) is 1.71. The molecular formula is C15H12N2O2. The third-order valence-electron chi connectivity index (χ3n) is 3.06. The lowest BCUT2D eigenvalue weighted by Gasteiger charge is -1.99. The van der Waals surface area contributed by atoms with Crippen molar-refractivity contribution in [2.45, 2.75) is 6.92 Å². The number of carboxylic acids is 1. The molecule has 2 heterocycles. The maximum Gasteiger partial charge on any atom is 0.372 e. The zero-order chi connectivity index (χ0) is 13.4.